The molecule has 7 nitrogen and oxygen atoms in total. The number of benzene rings is 2. The molecule has 0 spiro atoms. The molecule has 0 saturated heterocycles. The number of rotatable bonds is 6. The zero-order chi connectivity index (χ0) is 19.3. The summed E-state index contributed by atoms with van der Waals surface area (Å²) in [6, 6.07) is 10.5. The van der Waals surface area contributed by atoms with Crippen molar-refractivity contribution in [3.8, 4) is 5.75 Å². The Kier molecular flexibility index (Phi) is 6.06. The van der Waals surface area contributed by atoms with Crippen LogP contribution < -0.4 is 15.8 Å². The van der Waals surface area contributed by atoms with Gasteiger partial charge < -0.3 is 25.4 Å². The second-order valence-electron chi connectivity index (χ2n) is 5.91. The van der Waals surface area contributed by atoms with Gasteiger partial charge in [-0.05, 0) is 24.3 Å². The summed E-state index contributed by atoms with van der Waals surface area (Å²) < 4.78 is 10.1. The van der Waals surface area contributed by atoms with E-state index in [-0.39, 0.29) is 17.9 Å². The fourth-order valence-electron chi connectivity index (χ4n) is 2.38. The van der Waals surface area contributed by atoms with E-state index in [1.807, 2.05) is 12.1 Å². The van der Waals surface area contributed by atoms with Crippen molar-refractivity contribution in [2.24, 2.45) is 0 Å². The number of carbonyl (C=O) groups excluding carboxylic acids is 2. The summed E-state index contributed by atoms with van der Waals surface area (Å²) >= 11 is 0. The van der Waals surface area contributed by atoms with E-state index in [1.165, 1.54) is 12.0 Å². The molecule has 0 radical (unpaired) electrons. The fourth-order valence-corrected chi connectivity index (χ4v) is 2.38. The number of nitrogen functional groups attached to an aromatic ring is 1. The minimum atomic E-state index is -0.499. The zero-order valence-electron chi connectivity index (χ0n) is 15.3. The number of carbonyl (C=O) groups is 2. The Hall–Kier alpha value is -3.22. The van der Waals surface area contributed by atoms with Crippen LogP contribution in [0.1, 0.15) is 15.9 Å². The van der Waals surface area contributed by atoms with E-state index >= 15 is 0 Å². The number of methoxy groups -OCH3 is 2. The molecule has 0 fully saturated rings. The summed E-state index contributed by atoms with van der Waals surface area (Å²) in [5.74, 6) is 0.0976. The van der Waals surface area contributed by atoms with Crippen molar-refractivity contribution < 1.29 is 19.1 Å². The second-order valence-corrected chi connectivity index (χ2v) is 5.91. The van der Waals surface area contributed by atoms with Crippen LogP contribution in [0.4, 0.5) is 17.1 Å². The van der Waals surface area contributed by atoms with E-state index < -0.39 is 5.97 Å². The van der Waals surface area contributed by atoms with Gasteiger partial charge >= 0.3 is 5.97 Å². The quantitative estimate of drug-likeness (QED) is 0.609. The summed E-state index contributed by atoms with van der Waals surface area (Å²) in [5, 5.41) is 3.19. The Bertz CT molecular complexity index is 818. The fraction of sp³-hybridized carbons (Fsp3) is 0.263. The summed E-state index contributed by atoms with van der Waals surface area (Å²) in [6.07, 6.45) is 0.255. The van der Waals surface area contributed by atoms with E-state index in [0.29, 0.717) is 17.1 Å². The maximum atomic E-state index is 11.9. The number of ether oxygens (including phenoxy) is 2. The minimum Gasteiger partial charge on any atom is -0.496 e. The van der Waals surface area contributed by atoms with Gasteiger partial charge in [0.2, 0.25) is 5.91 Å². The maximum Gasteiger partial charge on any atom is 0.340 e. The molecule has 138 valence electrons. The van der Waals surface area contributed by atoms with Crippen LogP contribution in [0.5, 0.6) is 5.75 Å². The predicted octanol–water partition coefficient (Wildman–Crippen LogP) is 2.44. The smallest absolute Gasteiger partial charge is 0.340 e. The third-order valence-corrected chi connectivity index (χ3v) is 3.87. The van der Waals surface area contributed by atoms with Gasteiger partial charge in [0, 0.05) is 42.8 Å². The number of nitrogens with one attached hydrogen (secondary N) is 1. The molecule has 1 amide bonds. The van der Waals surface area contributed by atoms with E-state index in [2.05, 4.69) is 5.32 Å². The maximum absolute atomic E-state index is 11.9. The van der Waals surface area contributed by atoms with Crippen molar-refractivity contribution in [1.29, 1.82) is 0 Å². The standard InChI is InChI=1S/C19H23N3O4/c1-22(2)18(23)9-12-5-6-14(11-17(12)25-3)21-13-7-8-16(20)15(10-13)19(24)26-4/h5-8,10-11,21H,9,20H2,1-4H3. The summed E-state index contributed by atoms with van der Waals surface area (Å²) in [4.78, 5) is 25.2. The first-order valence-electron chi connectivity index (χ1n) is 7.97. The van der Waals surface area contributed by atoms with Crippen LogP contribution in [0.25, 0.3) is 0 Å². The highest BCUT2D eigenvalue weighted by Crippen LogP contribution is 2.27. The number of esters is 1. The monoisotopic (exact) mass is 357 g/mol. The normalized spacial score (nSPS) is 10.2. The molecular weight excluding hydrogens is 334 g/mol. The van der Waals surface area contributed by atoms with Crippen molar-refractivity contribution in [1.82, 2.24) is 4.90 Å². The van der Waals surface area contributed by atoms with Crippen LogP contribution in [0, 0.1) is 0 Å². The zero-order valence-corrected chi connectivity index (χ0v) is 15.3. The topological polar surface area (TPSA) is 93.9 Å². The molecule has 0 saturated carbocycles. The molecule has 2 aromatic rings. The lowest BCUT2D eigenvalue weighted by atomic mass is 10.1. The van der Waals surface area contributed by atoms with Gasteiger partial charge in [-0.3, -0.25) is 4.79 Å². The highest BCUT2D eigenvalue weighted by Gasteiger charge is 2.13. The third kappa shape index (κ3) is 4.44. The highest BCUT2D eigenvalue weighted by atomic mass is 16.5. The number of anilines is 3. The number of hydrogen-bond acceptors (Lipinski definition) is 6. The largest absolute Gasteiger partial charge is 0.496 e. The van der Waals surface area contributed by atoms with Gasteiger partial charge in [-0.1, -0.05) is 6.07 Å². The van der Waals surface area contributed by atoms with Crippen molar-refractivity contribution in [2.75, 3.05) is 39.4 Å². The minimum absolute atomic E-state index is 0.00902. The number of nitrogens with zero attached hydrogens (tertiary/aromatic N) is 1. The van der Waals surface area contributed by atoms with E-state index in [4.69, 9.17) is 15.2 Å². The molecule has 0 unspecified atom stereocenters. The van der Waals surface area contributed by atoms with Gasteiger partial charge in [0.25, 0.3) is 0 Å². The molecular formula is C19H23N3O4. The van der Waals surface area contributed by atoms with Crippen LogP contribution in [0.3, 0.4) is 0 Å². The summed E-state index contributed by atoms with van der Waals surface area (Å²) in [6.45, 7) is 0. The van der Waals surface area contributed by atoms with Gasteiger partial charge in [0.05, 0.1) is 26.2 Å². The average Bonchev–Trinajstić information content (AvgIpc) is 2.63. The first kappa shape index (κ1) is 19.1. The SMILES string of the molecule is COC(=O)c1cc(Nc2ccc(CC(=O)N(C)C)c(OC)c2)ccc1N. The predicted molar refractivity (Wildman–Crippen MR) is 101 cm³/mol. The summed E-state index contributed by atoms with van der Waals surface area (Å²) in [5.41, 5.74) is 8.67. The highest BCUT2D eigenvalue weighted by molar-refractivity contribution is 5.96. The molecule has 0 bridgehead atoms. The molecule has 0 atom stereocenters. The first-order chi connectivity index (χ1) is 12.3. The lowest BCUT2D eigenvalue weighted by Crippen LogP contribution is -2.23. The lowest BCUT2D eigenvalue weighted by molar-refractivity contribution is -0.127. The van der Waals surface area contributed by atoms with Gasteiger partial charge in [0.15, 0.2) is 0 Å². The average molecular weight is 357 g/mol. The van der Waals surface area contributed by atoms with Crippen LogP contribution in [-0.4, -0.2) is 45.1 Å². The third-order valence-electron chi connectivity index (χ3n) is 3.87. The number of likely N-dealkylation sites (N-methyl/N-ethyl adjacent to an activating group) is 1. The van der Waals surface area contributed by atoms with Crippen molar-refractivity contribution in [3.05, 3.63) is 47.5 Å². The van der Waals surface area contributed by atoms with Crippen LogP contribution in [0.15, 0.2) is 36.4 Å². The van der Waals surface area contributed by atoms with Crippen LogP contribution in [0.2, 0.25) is 0 Å². The number of hydrogen-bond donors (Lipinski definition) is 2. The Balaban J connectivity index is 2.25. The van der Waals surface area contributed by atoms with Crippen molar-refractivity contribution in [2.45, 2.75) is 6.42 Å². The Labute approximate surface area is 152 Å². The van der Waals surface area contributed by atoms with Crippen LogP contribution in [-0.2, 0) is 16.0 Å². The molecule has 0 aliphatic rings. The molecule has 7 heteroatoms. The van der Waals surface area contributed by atoms with Crippen molar-refractivity contribution in [3.63, 3.8) is 0 Å². The second kappa shape index (κ2) is 8.24. The molecule has 3 N–H and O–H groups in total. The molecule has 0 heterocycles. The van der Waals surface area contributed by atoms with Gasteiger partial charge in [-0.15, -0.1) is 0 Å². The lowest BCUT2D eigenvalue weighted by Gasteiger charge is -2.15. The van der Waals surface area contributed by atoms with Crippen LogP contribution >= 0.6 is 0 Å². The molecule has 0 aliphatic carbocycles. The molecule has 26 heavy (non-hydrogen) atoms. The van der Waals surface area contributed by atoms with Gasteiger partial charge in [-0.25, -0.2) is 4.79 Å². The van der Waals surface area contributed by atoms with E-state index in [0.717, 1.165) is 11.3 Å². The van der Waals surface area contributed by atoms with Gasteiger partial charge in [-0.2, -0.15) is 0 Å². The Morgan fingerprint density at radius 2 is 1.73 bits per heavy atom. The van der Waals surface area contributed by atoms with E-state index in [1.54, 1.807) is 45.5 Å². The molecule has 2 aromatic carbocycles. The Morgan fingerprint density at radius 3 is 2.35 bits per heavy atom. The Morgan fingerprint density at radius 1 is 1.08 bits per heavy atom. The summed E-state index contributed by atoms with van der Waals surface area (Å²) in [7, 11) is 6.29. The van der Waals surface area contributed by atoms with Crippen molar-refractivity contribution >= 4 is 28.9 Å². The molecule has 2 rings (SSSR count). The molecule has 0 aromatic heterocycles. The first-order valence-corrected chi connectivity index (χ1v) is 7.97. The molecule has 0 aliphatic heterocycles. The number of nitrogens with two attached hydrogens (primary N) is 1. The van der Waals surface area contributed by atoms with Gasteiger partial charge in [0.1, 0.15) is 5.75 Å². The number of amides is 1. The van der Waals surface area contributed by atoms with E-state index in [9.17, 15) is 9.59 Å².